The lowest BCUT2D eigenvalue weighted by atomic mass is 9.80. The number of phenolic OH excluding ortho intramolecular Hbond substituents is 3. The normalized spacial score (nSPS) is 12.9. The molecule has 1 fully saturated rings. The minimum absolute atomic E-state index is 0.0330. The lowest BCUT2D eigenvalue weighted by molar-refractivity contribution is -0.134. The van der Waals surface area contributed by atoms with Gasteiger partial charge < -0.3 is 35.8 Å². The molecule has 0 bridgehead atoms. The van der Waals surface area contributed by atoms with Crippen LogP contribution in [0.15, 0.2) is 126 Å². The van der Waals surface area contributed by atoms with Crippen LogP contribution in [-0.2, 0) is 4.79 Å². The summed E-state index contributed by atoms with van der Waals surface area (Å²) in [6.45, 7) is 2.18. The number of aliphatic carboxylic acids is 1. The number of hydrogen-bond acceptors (Lipinski definition) is 9. The molecule has 0 aliphatic carbocycles. The molecule has 6 rings (SSSR count). The highest BCUT2D eigenvalue weighted by Gasteiger charge is 2.14. The minimum atomic E-state index is -1.51. The Labute approximate surface area is 283 Å². The van der Waals surface area contributed by atoms with Crippen molar-refractivity contribution >= 4 is 34.5 Å². The van der Waals surface area contributed by atoms with Crippen molar-refractivity contribution in [3.63, 3.8) is 0 Å². The van der Waals surface area contributed by atoms with E-state index in [2.05, 4.69) is 37.3 Å². The number of carboxylic acids is 1. The molecule has 1 aliphatic heterocycles. The van der Waals surface area contributed by atoms with Crippen molar-refractivity contribution in [3.8, 4) is 28.5 Å². The van der Waals surface area contributed by atoms with Gasteiger partial charge in [-0.3, -0.25) is 9.78 Å². The third-order valence-electron chi connectivity index (χ3n) is 6.19. The van der Waals surface area contributed by atoms with Crippen LogP contribution < -0.4 is 10.8 Å². The van der Waals surface area contributed by atoms with E-state index in [9.17, 15) is 10.2 Å². The highest BCUT2D eigenvalue weighted by molar-refractivity contribution is 9.10. The first-order valence-corrected chi connectivity index (χ1v) is 15.5. The summed E-state index contributed by atoms with van der Waals surface area (Å²) in [5.41, 5.74) is 3.30. The van der Waals surface area contributed by atoms with E-state index in [-0.39, 0.29) is 11.5 Å². The number of piperidine rings is 1. The van der Waals surface area contributed by atoms with Crippen molar-refractivity contribution in [1.82, 2.24) is 15.3 Å². The van der Waals surface area contributed by atoms with Crippen molar-refractivity contribution in [2.24, 2.45) is 0 Å². The van der Waals surface area contributed by atoms with Crippen molar-refractivity contribution in [2.45, 2.75) is 32.2 Å². The van der Waals surface area contributed by atoms with Gasteiger partial charge in [0.05, 0.1) is 5.69 Å². The average molecular weight is 704 g/mol. The number of phenols is 3. The van der Waals surface area contributed by atoms with Gasteiger partial charge in [0.25, 0.3) is 5.97 Å². The van der Waals surface area contributed by atoms with E-state index in [0.717, 1.165) is 29.3 Å². The molecule has 0 radical (unpaired) electrons. The number of pyridine rings is 2. The number of hydrogen-bond donors (Lipinski definition) is 7. The monoisotopic (exact) mass is 703 g/mol. The van der Waals surface area contributed by atoms with Gasteiger partial charge in [0.1, 0.15) is 21.9 Å². The highest BCUT2D eigenvalue weighted by Crippen LogP contribution is 2.25. The van der Waals surface area contributed by atoms with Gasteiger partial charge in [0.15, 0.2) is 0 Å². The van der Waals surface area contributed by atoms with Gasteiger partial charge in [-0.1, -0.05) is 55.0 Å². The zero-order valence-electron chi connectivity index (χ0n) is 25.9. The quantitative estimate of drug-likeness (QED) is 0.0916. The maximum Gasteiger partial charge on any atom is 0.488 e. The third-order valence-corrected chi connectivity index (χ3v) is 6.66. The fraction of sp³-hybridized carbons (Fsp3) is 0.171. The third kappa shape index (κ3) is 16.9. The van der Waals surface area contributed by atoms with Crippen LogP contribution in [0.5, 0.6) is 17.2 Å². The van der Waals surface area contributed by atoms with Crippen LogP contribution in [0.4, 0.5) is 0 Å². The second-order valence-electron chi connectivity index (χ2n) is 10.0. The summed E-state index contributed by atoms with van der Waals surface area (Å²) in [6, 6.07) is 32.3. The molecule has 10 nitrogen and oxygen atoms in total. The first kappa shape index (κ1) is 38.4. The summed E-state index contributed by atoms with van der Waals surface area (Å²) in [4.78, 5) is 17.1. The zero-order chi connectivity index (χ0) is 34.4. The summed E-state index contributed by atoms with van der Waals surface area (Å²) in [5, 5.41) is 55.5. The van der Waals surface area contributed by atoms with Gasteiger partial charge in [-0.05, 0) is 107 Å². The molecule has 2 aromatic heterocycles. The Kier molecular flexibility index (Phi) is 17.9. The average Bonchev–Trinajstić information content (AvgIpc) is 3.07. The van der Waals surface area contributed by atoms with Gasteiger partial charge in [-0.15, -0.1) is 0 Å². The minimum Gasteiger partial charge on any atom is -0.508 e. The van der Waals surface area contributed by atoms with Crippen LogP contribution in [0.3, 0.4) is 0 Å². The van der Waals surface area contributed by atoms with Gasteiger partial charge >= 0.3 is 7.12 Å². The molecule has 1 unspecified atom stereocenters. The van der Waals surface area contributed by atoms with Crippen LogP contribution in [0, 0.1) is 0 Å². The van der Waals surface area contributed by atoms with Crippen LogP contribution in [-0.4, -0.2) is 60.1 Å². The molecule has 1 saturated heterocycles. The topological polar surface area (TPSA) is 176 Å². The fourth-order valence-electron chi connectivity index (χ4n) is 4.10. The van der Waals surface area contributed by atoms with Crippen molar-refractivity contribution in [3.05, 3.63) is 132 Å². The summed E-state index contributed by atoms with van der Waals surface area (Å²) < 4.78 is 0.884. The van der Waals surface area contributed by atoms with Crippen LogP contribution in [0.2, 0.25) is 0 Å². The van der Waals surface area contributed by atoms with E-state index < -0.39 is 13.1 Å². The molecule has 7 N–H and O–H groups in total. The van der Waals surface area contributed by atoms with Crippen LogP contribution >= 0.6 is 15.9 Å². The molecule has 1 atom stereocenters. The lowest BCUT2D eigenvalue weighted by Crippen LogP contribution is -2.29. The summed E-state index contributed by atoms with van der Waals surface area (Å²) in [5.74, 6) is -0.168. The predicted molar refractivity (Wildman–Crippen MR) is 187 cm³/mol. The van der Waals surface area contributed by atoms with E-state index >= 15 is 0 Å². The van der Waals surface area contributed by atoms with E-state index in [1.807, 2.05) is 54.6 Å². The molecular formula is C35H39BBrN3O7. The number of carboxylic acid groups (broad SMARTS) is 1. The molecule has 3 aromatic carbocycles. The standard InChI is InChI=1S/C11H15NO.C11H9NO.C6H7BO3.C5H4BrN.C2H4O2/c2*13-10-5-3-4-9(8-10)11-6-1-2-7-12-11;8-6-3-1-2-5(4-6)7(9)10;6-5-3-1-2-4-7-5;1-2(3)4/h3-5,8,11-13H,1-2,6-7H2;1-8,13H;1-4,8-10H;1-4H;1H3,(H,3,4). The first-order chi connectivity index (χ1) is 22.5. The molecule has 246 valence electrons. The number of nitrogens with zero attached hydrogens (tertiary/aromatic N) is 2. The van der Waals surface area contributed by atoms with Gasteiger partial charge in [-0.25, -0.2) is 4.98 Å². The second kappa shape index (κ2) is 21.9. The Morgan fingerprint density at radius 3 is 1.81 bits per heavy atom. The van der Waals surface area contributed by atoms with Crippen molar-refractivity contribution in [2.75, 3.05) is 6.54 Å². The number of carbonyl (C=O) groups is 1. The van der Waals surface area contributed by atoms with Gasteiger partial charge in [-0.2, -0.15) is 0 Å². The molecule has 3 heterocycles. The summed E-state index contributed by atoms with van der Waals surface area (Å²) >= 11 is 3.20. The Balaban J connectivity index is 0.000000214. The Morgan fingerprint density at radius 1 is 0.766 bits per heavy atom. The molecule has 5 aromatic rings. The van der Waals surface area contributed by atoms with E-state index in [1.165, 1.54) is 43.0 Å². The summed E-state index contributed by atoms with van der Waals surface area (Å²) in [6.07, 6.45) is 7.22. The number of aromatic nitrogens is 2. The van der Waals surface area contributed by atoms with Crippen LogP contribution in [0.25, 0.3) is 11.3 Å². The van der Waals surface area contributed by atoms with Crippen molar-refractivity contribution < 1.29 is 35.3 Å². The number of nitrogens with one attached hydrogen (secondary N) is 1. The number of aromatic hydroxyl groups is 3. The molecule has 1 aliphatic rings. The van der Waals surface area contributed by atoms with Crippen LogP contribution in [0.1, 0.15) is 37.8 Å². The Hall–Kier alpha value is -4.75. The molecule has 47 heavy (non-hydrogen) atoms. The SMILES string of the molecule is Brc1ccccn1.CC(=O)O.OB(O)c1cccc(O)c1.Oc1cccc(-c2ccccn2)c1.Oc1cccc(C2CCCCN2)c1. The molecule has 0 amide bonds. The van der Waals surface area contributed by atoms with Crippen molar-refractivity contribution in [1.29, 1.82) is 0 Å². The highest BCUT2D eigenvalue weighted by atomic mass is 79.9. The van der Waals surface area contributed by atoms with E-state index in [4.69, 9.17) is 25.1 Å². The van der Waals surface area contributed by atoms with Gasteiger partial charge in [0.2, 0.25) is 0 Å². The number of benzene rings is 3. The number of halogens is 1. The molecule has 0 saturated carbocycles. The molecular weight excluding hydrogens is 665 g/mol. The first-order valence-electron chi connectivity index (χ1n) is 14.7. The number of rotatable bonds is 3. The summed E-state index contributed by atoms with van der Waals surface area (Å²) in [7, 11) is -1.51. The zero-order valence-corrected chi connectivity index (χ0v) is 27.5. The lowest BCUT2D eigenvalue weighted by Gasteiger charge is -2.23. The Morgan fingerprint density at radius 2 is 1.36 bits per heavy atom. The largest absolute Gasteiger partial charge is 0.508 e. The van der Waals surface area contributed by atoms with E-state index in [1.54, 1.807) is 42.7 Å². The molecule has 0 spiro atoms. The molecule has 12 heteroatoms. The fourth-order valence-corrected chi connectivity index (χ4v) is 4.37. The van der Waals surface area contributed by atoms with E-state index in [0.29, 0.717) is 17.3 Å². The maximum atomic E-state index is 9.32. The Bertz CT molecular complexity index is 1590. The predicted octanol–water partition coefficient (Wildman–Crippen LogP) is 5.67. The maximum absolute atomic E-state index is 9.32. The van der Waals surface area contributed by atoms with Gasteiger partial charge in [0, 0.05) is 30.9 Å². The second-order valence-corrected chi connectivity index (χ2v) is 10.8. The smallest absolute Gasteiger partial charge is 0.488 e.